The van der Waals surface area contributed by atoms with Crippen molar-refractivity contribution >= 4 is 45.1 Å². The van der Waals surface area contributed by atoms with Gasteiger partial charge in [0.2, 0.25) is 0 Å². The summed E-state index contributed by atoms with van der Waals surface area (Å²) in [5.74, 6) is 0.900. The Balaban J connectivity index is 1.42. The highest BCUT2D eigenvalue weighted by molar-refractivity contribution is 9.10. The number of anilines is 1. The lowest BCUT2D eigenvalue weighted by molar-refractivity contribution is -0.137. The zero-order valence-corrected chi connectivity index (χ0v) is 29.3. The molecule has 2 atom stereocenters. The number of hydrogen-bond donors (Lipinski definition) is 0. The second kappa shape index (κ2) is 13.1. The third-order valence-corrected chi connectivity index (χ3v) is 10.5. The highest BCUT2D eigenvalue weighted by Crippen LogP contribution is 2.43. The summed E-state index contributed by atoms with van der Waals surface area (Å²) >= 11 is 5.02. The van der Waals surface area contributed by atoms with Gasteiger partial charge < -0.3 is 19.1 Å². The predicted octanol–water partition coefficient (Wildman–Crippen LogP) is 8.96. The molecule has 2 aliphatic rings. The molecule has 0 unspecified atom stereocenters. The van der Waals surface area contributed by atoms with Crippen LogP contribution in [-0.4, -0.2) is 55.3 Å². The van der Waals surface area contributed by atoms with Gasteiger partial charge in [0.05, 0.1) is 42.5 Å². The molecule has 0 bridgehead atoms. The van der Waals surface area contributed by atoms with Gasteiger partial charge in [-0.3, -0.25) is 4.90 Å². The van der Waals surface area contributed by atoms with E-state index >= 15 is 0 Å². The number of rotatable bonds is 8. The minimum atomic E-state index is -4.54. The summed E-state index contributed by atoms with van der Waals surface area (Å²) in [6.45, 7) is 6.93. The number of nitrogens with zero attached hydrogens (tertiary/aromatic N) is 3. The Bertz CT molecular complexity index is 1910. The SMILES string of the molecule is COC(=O)c1scc(-c2ccc(OC)c(-c3cc(Br)c(N4CCC4)nc3CN3C(=O)O[C@H](c4cc(C)cc(C(F)(F)F)c4)[C@@H]3C)c2)c1C. The molecule has 2 saturated heterocycles. The second-order valence-corrected chi connectivity index (χ2v) is 13.7. The standard InChI is InChI=1S/C35H33BrF3N3O5S/c1-18-11-22(13-23(12-18)35(37,38)39)30-20(3)42(34(44)47-30)16-28-24(15-27(36)32(40-28)41-9-6-10-41)25-14-21(7-8-29(25)45-4)26-17-48-31(19(26)2)33(43)46-5/h7-8,11-15,17,20,30H,6,9-10,16H2,1-5H3/t20-,30-/m0/s1. The van der Waals surface area contributed by atoms with Crippen LogP contribution in [0.3, 0.4) is 0 Å². The molecule has 2 aliphatic heterocycles. The van der Waals surface area contributed by atoms with Crippen molar-refractivity contribution in [3.63, 3.8) is 0 Å². The largest absolute Gasteiger partial charge is 0.496 e. The number of benzene rings is 2. The van der Waals surface area contributed by atoms with E-state index in [2.05, 4.69) is 20.8 Å². The van der Waals surface area contributed by atoms with Gasteiger partial charge in [0, 0.05) is 24.2 Å². The van der Waals surface area contributed by atoms with Crippen LogP contribution in [0.15, 0.2) is 52.3 Å². The van der Waals surface area contributed by atoms with Crippen LogP contribution < -0.4 is 9.64 Å². The van der Waals surface area contributed by atoms with E-state index in [0.717, 1.165) is 58.6 Å². The van der Waals surface area contributed by atoms with E-state index in [0.29, 0.717) is 33.0 Å². The van der Waals surface area contributed by atoms with Gasteiger partial charge in [0.1, 0.15) is 22.5 Å². The minimum absolute atomic E-state index is 0.0370. The van der Waals surface area contributed by atoms with Crippen molar-refractivity contribution in [1.29, 1.82) is 0 Å². The Kier molecular flexibility index (Phi) is 9.20. The van der Waals surface area contributed by atoms with Gasteiger partial charge in [-0.2, -0.15) is 13.2 Å². The van der Waals surface area contributed by atoms with Crippen molar-refractivity contribution in [1.82, 2.24) is 9.88 Å². The molecule has 4 heterocycles. The highest BCUT2D eigenvalue weighted by Gasteiger charge is 2.42. The number of hydrogen-bond acceptors (Lipinski definition) is 8. The topological polar surface area (TPSA) is 81.2 Å². The number of aryl methyl sites for hydroxylation is 1. The molecule has 0 spiro atoms. The molecule has 2 aromatic carbocycles. The number of thiophene rings is 1. The van der Waals surface area contributed by atoms with E-state index in [1.54, 1.807) is 27.0 Å². The van der Waals surface area contributed by atoms with Crippen LogP contribution in [-0.2, 0) is 22.2 Å². The van der Waals surface area contributed by atoms with Crippen LogP contribution in [0.25, 0.3) is 22.3 Å². The molecule has 8 nitrogen and oxygen atoms in total. The van der Waals surface area contributed by atoms with Crippen LogP contribution in [0.2, 0.25) is 0 Å². The maximum Gasteiger partial charge on any atom is 0.416 e. The summed E-state index contributed by atoms with van der Waals surface area (Å²) in [4.78, 5) is 34.9. The number of ether oxygens (including phenoxy) is 3. The number of methoxy groups -OCH3 is 2. The van der Waals surface area contributed by atoms with Gasteiger partial charge in [0.15, 0.2) is 0 Å². The molecule has 0 radical (unpaired) electrons. The molecule has 252 valence electrons. The van der Waals surface area contributed by atoms with E-state index in [9.17, 15) is 22.8 Å². The number of aromatic nitrogens is 1. The number of esters is 1. The fourth-order valence-corrected chi connectivity index (χ4v) is 7.75. The van der Waals surface area contributed by atoms with Gasteiger partial charge >= 0.3 is 18.2 Å². The van der Waals surface area contributed by atoms with Gasteiger partial charge in [-0.05, 0) is 101 Å². The Morgan fingerprint density at radius 2 is 1.83 bits per heavy atom. The summed E-state index contributed by atoms with van der Waals surface area (Å²) in [5, 5.41) is 1.91. The quantitative estimate of drug-likeness (QED) is 0.167. The second-order valence-electron chi connectivity index (χ2n) is 11.9. The molecule has 6 rings (SSSR count). The lowest BCUT2D eigenvalue weighted by atomic mass is 9.95. The zero-order valence-electron chi connectivity index (χ0n) is 26.9. The van der Waals surface area contributed by atoms with Crippen molar-refractivity contribution < 1.29 is 37.0 Å². The molecule has 13 heteroatoms. The van der Waals surface area contributed by atoms with Gasteiger partial charge in [-0.15, -0.1) is 11.3 Å². The monoisotopic (exact) mass is 743 g/mol. The number of carbonyl (C=O) groups is 2. The van der Waals surface area contributed by atoms with Crippen LogP contribution in [0.1, 0.15) is 57.1 Å². The van der Waals surface area contributed by atoms with Gasteiger partial charge in [-0.25, -0.2) is 14.6 Å². The average Bonchev–Trinajstić information content (AvgIpc) is 3.54. The Labute approximate surface area is 288 Å². The average molecular weight is 745 g/mol. The molecular weight excluding hydrogens is 711 g/mol. The first kappa shape index (κ1) is 33.8. The highest BCUT2D eigenvalue weighted by atomic mass is 79.9. The van der Waals surface area contributed by atoms with E-state index in [1.165, 1.54) is 23.3 Å². The van der Waals surface area contributed by atoms with Crippen molar-refractivity contribution in [2.45, 2.75) is 52.1 Å². The molecule has 2 fully saturated rings. The van der Waals surface area contributed by atoms with Crippen molar-refractivity contribution in [2.24, 2.45) is 0 Å². The van der Waals surface area contributed by atoms with E-state index in [-0.39, 0.29) is 12.1 Å². The fraction of sp³-hybridized carbons (Fsp3) is 0.343. The number of halogens is 4. The third-order valence-electron chi connectivity index (χ3n) is 8.87. The number of pyridine rings is 1. The van der Waals surface area contributed by atoms with Crippen LogP contribution in [0, 0.1) is 13.8 Å². The summed E-state index contributed by atoms with van der Waals surface area (Å²) in [5.41, 5.74) is 4.39. The number of cyclic esters (lactones) is 1. The lowest BCUT2D eigenvalue weighted by Crippen LogP contribution is -2.38. The maximum absolute atomic E-state index is 13.7. The zero-order chi connectivity index (χ0) is 34.5. The molecular formula is C35H33BrF3N3O5S. The van der Waals surface area contributed by atoms with Crippen molar-refractivity contribution in [3.05, 3.63) is 85.1 Å². The summed E-state index contributed by atoms with van der Waals surface area (Å²) in [6.07, 6.45) is -5.06. The van der Waals surface area contributed by atoms with Crippen molar-refractivity contribution in [2.75, 3.05) is 32.2 Å². The number of carbonyl (C=O) groups excluding carboxylic acids is 2. The first-order valence-corrected chi connectivity index (χ1v) is 16.9. The first-order valence-electron chi connectivity index (χ1n) is 15.3. The smallest absolute Gasteiger partial charge is 0.416 e. The Morgan fingerprint density at radius 3 is 2.48 bits per heavy atom. The molecule has 4 aromatic rings. The third kappa shape index (κ3) is 6.25. The summed E-state index contributed by atoms with van der Waals surface area (Å²) in [7, 11) is 2.92. The number of amides is 1. The Morgan fingerprint density at radius 1 is 1.08 bits per heavy atom. The summed E-state index contributed by atoms with van der Waals surface area (Å²) in [6, 6.07) is 10.8. The van der Waals surface area contributed by atoms with Crippen LogP contribution >= 0.6 is 27.3 Å². The molecule has 0 N–H and O–H groups in total. The molecule has 48 heavy (non-hydrogen) atoms. The minimum Gasteiger partial charge on any atom is -0.496 e. The Hall–Kier alpha value is -4.10. The maximum atomic E-state index is 13.7. The molecule has 2 aromatic heterocycles. The normalized spacial score (nSPS) is 17.7. The molecule has 1 amide bonds. The van der Waals surface area contributed by atoms with Gasteiger partial charge in [-0.1, -0.05) is 17.7 Å². The molecule has 0 aliphatic carbocycles. The van der Waals surface area contributed by atoms with E-state index in [4.69, 9.17) is 19.2 Å². The first-order chi connectivity index (χ1) is 22.8. The number of alkyl halides is 3. The fourth-order valence-electron chi connectivity index (χ4n) is 6.16. The molecule has 0 saturated carbocycles. The van der Waals surface area contributed by atoms with Crippen molar-refractivity contribution in [3.8, 4) is 28.0 Å². The van der Waals surface area contributed by atoms with E-state index in [1.807, 2.05) is 36.6 Å². The van der Waals surface area contributed by atoms with E-state index < -0.39 is 35.9 Å². The van der Waals surface area contributed by atoms with Gasteiger partial charge in [0.25, 0.3) is 0 Å². The van der Waals surface area contributed by atoms with Crippen LogP contribution in [0.4, 0.5) is 23.8 Å². The predicted molar refractivity (Wildman–Crippen MR) is 181 cm³/mol. The summed E-state index contributed by atoms with van der Waals surface area (Å²) < 4.78 is 58.2. The lowest BCUT2D eigenvalue weighted by Gasteiger charge is -2.34. The van der Waals surface area contributed by atoms with Crippen LogP contribution in [0.5, 0.6) is 5.75 Å².